The van der Waals surface area contributed by atoms with Crippen molar-refractivity contribution in [2.24, 2.45) is 0 Å². The van der Waals surface area contributed by atoms with Gasteiger partial charge in [-0.2, -0.15) is 8.78 Å². The molecular formula is C16H19F2N5O3S. The van der Waals surface area contributed by atoms with E-state index in [-0.39, 0.29) is 29.7 Å². The van der Waals surface area contributed by atoms with E-state index < -0.39 is 6.61 Å². The van der Waals surface area contributed by atoms with Crippen molar-refractivity contribution in [3.05, 3.63) is 29.6 Å². The maximum Gasteiger partial charge on any atom is 0.387 e. The van der Waals surface area contributed by atoms with Gasteiger partial charge in [0.25, 0.3) is 0 Å². The number of hydrogen-bond donors (Lipinski definition) is 2. The highest BCUT2D eigenvalue weighted by Crippen LogP contribution is 2.39. The molecule has 0 atom stereocenters. The molecule has 2 aromatic rings. The lowest BCUT2D eigenvalue weighted by atomic mass is 10.2. The highest BCUT2D eigenvalue weighted by atomic mass is 32.2. The molecule has 8 nitrogen and oxygen atoms in total. The number of halogens is 2. The highest BCUT2D eigenvalue weighted by Gasteiger charge is 2.30. The number of aromatic nitrogens is 3. The summed E-state index contributed by atoms with van der Waals surface area (Å²) >= 11 is 1.20. The first-order chi connectivity index (χ1) is 13.0. The number of carbonyl (C=O) groups is 1. The first kappa shape index (κ1) is 19.2. The molecule has 1 saturated carbocycles. The van der Waals surface area contributed by atoms with Gasteiger partial charge < -0.3 is 20.6 Å². The van der Waals surface area contributed by atoms with Gasteiger partial charge in [0.2, 0.25) is 11.1 Å². The first-order valence-corrected chi connectivity index (χ1v) is 9.18. The Labute approximate surface area is 158 Å². The van der Waals surface area contributed by atoms with Crippen molar-refractivity contribution in [1.29, 1.82) is 0 Å². The summed E-state index contributed by atoms with van der Waals surface area (Å²) in [7, 11) is 1.35. The van der Waals surface area contributed by atoms with Crippen LogP contribution in [0, 0.1) is 0 Å². The summed E-state index contributed by atoms with van der Waals surface area (Å²) in [5.74, 6) is 7.07. The van der Waals surface area contributed by atoms with E-state index in [4.69, 9.17) is 10.6 Å². The first-order valence-electron chi connectivity index (χ1n) is 8.19. The zero-order chi connectivity index (χ0) is 19.4. The summed E-state index contributed by atoms with van der Waals surface area (Å²) in [6, 6.07) is 4.48. The molecule has 0 spiro atoms. The predicted molar refractivity (Wildman–Crippen MR) is 94.3 cm³/mol. The van der Waals surface area contributed by atoms with Crippen LogP contribution < -0.4 is 20.6 Å². The molecule has 1 aliphatic rings. The maximum absolute atomic E-state index is 12.3. The van der Waals surface area contributed by atoms with E-state index in [9.17, 15) is 13.6 Å². The number of hydrogen-bond acceptors (Lipinski definition) is 7. The van der Waals surface area contributed by atoms with Crippen molar-refractivity contribution in [3.63, 3.8) is 0 Å². The normalized spacial score (nSPS) is 13.6. The molecule has 1 aliphatic carbocycles. The smallest absolute Gasteiger partial charge is 0.387 e. The van der Waals surface area contributed by atoms with Crippen LogP contribution in [0.1, 0.15) is 30.1 Å². The highest BCUT2D eigenvalue weighted by molar-refractivity contribution is 7.99. The number of nitrogen functional groups attached to an aromatic ring is 1. The van der Waals surface area contributed by atoms with Gasteiger partial charge in [-0.15, -0.1) is 10.2 Å². The van der Waals surface area contributed by atoms with Crippen LogP contribution in [0.2, 0.25) is 0 Å². The Bertz CT molecular complexity index is 813. The molecule has 1 heterocycles. The number of ether oxygens (including phenoxy) is 2. The Morgan fingerprint density at radius 1 is 1.41 bits per heavy atom. The third-order valence-corrected chi connectivity index (χ3v) is 4.84. The number of nitrogens with zero attached hydrogens (tertiary/aromatic N) is 3. The number of alkyl halides is 2. The molecule has 3 N–H and O–H groups in total. The van der Waals surface area contributed by atoms with Gasteiger partial charge in [-0.25, -0.2) is 4.68 Å². The zero-order valence-electron chi connectivity index (χ0n) is 14.5. The maximum atomic E-state index is 12.3. The molecule has 1 aromatic heterocycles. The number of nitrogens with one attached hydrogen (secondary N) is 1. The van der Waals surface area contributed by atoms with Crippen LogP contribution in [-0.2, 0) is 11.3 Å². The molecule has 0 unspecified atom stereocenters. The van der Waals surface area contributed by atoms with Crippen molar-refractivity contribution in [3.8, 4) is 11.5 Å². The predicted octanol–water partition coefficient (Wildman–Crippen LogP) is 1.89. The van der Waals surface area contributed by atoms with Crippen LogP contribution in [-0.4, -0.2) is 40.3 Å². The van der Waals surface area contributed by atoms with Crippen molar-refractivity contribution in [2.75, 3.05) is 18.7 Å². The van der Waals surface area contributed by atoms with E-state index in [1.165, 1.54) is 35.7 Å². The summed E-state index contributed by atoms with van der Waals surface area (Å²) in [5, 5.41) is 11.3. The Kier molecular flexibility index (Phi) is 5.99. The van der Waals surface area contributed by atoms with E-state index in [2.05, 4.69) is 20.3 Å². The standard InChI is InChI=1S/C16H19F2N5O3S/c1-25-12-6-9(2-5-11(12)26-15(17)18)7-20-13(24)8-27-16-22-21-14(23(16)19)10-3-4-10/h2,5-6,10,15H,3-4,7-8,19H2,1H3,(H,20,24). The molecule has 146 valence electrons. The van der Waals surface area contributed by atoms with Gasteiger partial charge in [0, 0.05) is 12.5 Å². The van der Waals surface area contributed by atoms with Crippen molar-refractivity contribution in [1.82, 2.24) is 20.2 Å². The topological polar surface area (TPSA) is 104 Å². The molecule has 1 aromatic carbocycles. The molecule has 1 fully saturated rings. The second-order valence-electron chi connectivity index (χ2n) is 5.91. The van der Waals surface area contributed by atoms with Crippen LogP contribution in [0.3, 0.4) is 0 Å². The Morgan fingerprint density at radius 3 is 2.85 bits per heavy atom. The Balaban J connectivity index is 1.50. The van der Waals surface area contributed by atoms with E-state index >= 15 is 0 Å². The number of thioether (sulfide) groups is 1. The van der Waals surface area contributed by atoms with Crippen LogP contribution in [0.4, 0.5) is 8.78 Å². The monoisotopic (exact) mass is 399 g/mol. The lowest BCUT2D eigenvalue weighted by molar-refractivity contribution is -0.118. The number of rotatable bonds is 9. The summed E-state index contributed by atoms with van der Waals surface area (Å²) in [6.07, 6.45) is 2.12. The largest absolute Gasteiger partial charge is 0.493 e. The van der Waals surface area contributed by atoms with E-state index in [1.54, 1.807) is 6.07 Å². The average molecular weight is 399 g/mol. The number of methoxy groups -OCH3 is 1. The number of nitrogens with two attached hydrogens (primary N) is 1. The Morgan fingerprint density at radius 2 is 2.19 bits per heavy atom. The number of benzene rings is 1. The SMILES string of the molecule is COc1cc(CNC(=O)CSc2nnc(C3CC3)n2N)ccc1OC(F)F. The minimum absolute atomic E-state index is 0.0631. The van der Waals surface area contributed by atoms with Gasteiger partial charge in [-0.1, -0.05) is 17.8 Å². The fraction of sp³-hybridized carbons (Fsp3) is 0.438. The van der Waals surface area contributed by atoms with E-state index in [0.29, 0.717) is 16.6 Å². The number of amides is 1. The lowest BCUT2D eigenvalue weighted by Gasteiger charge is -2.12. The lowest BCUT2D eigenvalue weighted by Crippen LogP contribution is -2.25. The summed E-state index contributed by atoms with van der Waals surface area (Å²) in [5.41, 5.74) is 0.685. The van der Waals surface area contributed by atoms with Gasteiger partial charge in [0.1, 0.15) is 0 Å². The van der Waals surface area contributed by atoms with Gasteiger partial charge in [0.15, 0.2) is 17.3 Å². The van der Waals surface area contributed by atoms with Crippen LogP contribution in [0.15, 0.2) is 23.4 Å². The van der Waals surface area contributed by atoms with Gasteiger partial charge in [0.05, 0.1) is 12.9 Å². The molecule has 0 aliphatic heterocycles. The van der Waals surface area contributed by atoms with Crippen molar-refractivity contribution >= 4 is 17.7 Å². The quantitative estimate of drug-likeness (QED) is 0.490. The minimum Gasteiger partial charge on any atom is -0.493 e. The second kappa shape index (κ2) is 8.42. The summed E-state index contributed by atoms with van der Waals surface area (Å²) in [6.45, 7) is -2.72. The molecular weight excluding hydrogens is 380 g/mol. The second-order valence-corrected chi connectivity index (χ2v) is 6.86. The van der Waals surface area contributed by atoms with Gasteiger partial charge in [-0.05, 0) is 30.5 Å². The van der Waals surface area contributed by atoms with E-state index in [0.717, 1.165) is 18.7 Å². The van der Waals surface area contributed by atoms with Gasteiger partial charge in [-0.3, -0.25) is 4.79 Å². The molecule has 0 radical (unpaired) electrons. The van der Waals surface area contributed by atoms with Crippen molar-refractivity contribution < 1.29 is 23.0 Å². The Hall–Kier alpha value is -2.56. The van der Waals surface area contributed by atoms with Crippen LogP contribution in [0.5, 0.6) is 11.5 Å². The third kappa shape index (κ3) is 5.00. The average Bonchev–Trinajstić information content (AvgIpc) is 3.42. The fourth-order valence-electron chi connectivity index (χ4n) is 2.40. The third-order valence-electron chi connectivity index (χ3n) is 3.90. The van der Waals surface area contributed by atoms with Crippen LogP contribution in [0.25, 0.3) is 0 Å². The van der Waals surface area contributed by atoms with Crippen LogP contribution >= 0.6 is 11.8 Å². The number of carbonyl (C=O) groups excluding carboxylic acids is 1. The molecule has 0 saturated heterocycles. The van der Waals surface area contributed by atoms with Crippen molar-refractivity contribution in [2.45, 2.75) is 37.1 Å². The zero-order valence-corrected chi connectivity index (χ0v) is 15.3. The molecule has 27 heavy (non-hydrogen) atoms. The molecule has 0 bridgehead atoms. The fourth-order valence-corrected chi connectivity index (χ4v) is 3.10. The minimum atomic E-state index is -2.94. The van der Waals surface area contributed by atoms with E-state index in [1.807, 2.05) is 0 Å². The summed E-state index contributed by atoms with van der Waals surface area (Å²) < 4.78 is 35.5. The summed E-state index contributed by atoms with van der Waals surface area (Å²) in [4.78, 5) is 12.0. The van der Waals surface area contributed by atoms with Gasteiger partial charge >= 0.3 is 6.61 Å². The molecule has 3 rings (SSSR count). The molecule has 11 heteroatoms. The molecule has 1 amide bonds.